The van der Waals surface area contributed by atoms with Crippen molar-refractivity contribution >= 4 is 22.9 Å². The highest BCUT2D eigenvalue weighted by Gasteiger charge is 2.26. The minimum absolute atomic E-state index is 0.157. The number of carboxylic acids is 1. The molecule has 6 nitrogen and oxygen atoms in total. The predicted molar refractivity (Wildman–Crippen MR) is 91.9 cm³/mol. The van der Waals surface area contributed by atoms with E-state index in [1.54, 1.807) is 11.0 Å². The van der Waals surface area contributed by atoms with E-state index in [0.717, 1.165) is 16.5 Å². The molecule has 1 aromatic heterocycles. The molecule has 25 heavy (non-hydrogen) atoms. The van der Waals surface area contributed by atoms with E-state index in [-0.39, 0.29) is 17.8 Å². The van der Waals surface area contributed by atoms with Crippen molar-refractivity contribution in [1.29, 1.82) is 0 Å². The van der Waals surface area contributed by atoms with Crippen molar-refractivity contribution in [2.24, 2.45) is 13.0 Å². The van der Waals surface area contributed by atoms with Gasteiger partial charge in [0, 0.05) is 38.3 Å². The van der Waals surface area contributed by atoms with Gasteiger partial charge in [0.25, 0.3) is 0 Å². The number of rotatable bonds is 4. The third-order valence-electron chi connectivity index (χ3n) is 4.84. The molecule has 134 valence electrons. The van der Waals surface area contributed by atoms with Crippen LogP contribution in [0.3, 0.4) is 0 Å². The lowest BCUT2D eigenvalue weighted by molar-refractivity contribution is -0.143. The molecule has 0 unspecified atom stereocenters. The van der Waals surface area contributed by atoms with Gasteiger partial charge in [0.15, 0.2) is 0 Å². The molecule has 7 heteroatoms. The van der Waals surface area contributed by atoms with Crippen molar-refractivity contribution in [2.75, 3.05) is 19.6 Å². The molecule has 2 heterocycles. The van der Waals surface area contributed by atoms with Crippen molar-refractivity contribution in [3.8, 4) is 0 Å². The Morgan fingerprint density at radius 2 is 2.04 bits per heavy atom. The van der Waals surface area contributed by atoms with E-state index in [1.165, 1.54) is 12.1 Å². The molecule has 1 aromatic carbocycles. The number of aromatic nitrogens is 1. The molecule has 2 N–H and O–H groups in total. The predicted octanol–water partition coefficient (Wildman–Crippen LogP) is 2.37. The van der Waals surface area contributed by atoms with Gasteiger partial charge in [-0.05, 0) is 43.0 Å². The zero-order chi connectivity index (χ0) is 18.0. The highest BCUT2D eigenvalue weighted by molar-refractivity contribution is 5.84. The number of nitrogens with one attached hydrogen (secondary N) is 1. The Balaban J connectivity index is 1.53. The molecule has 0 saturated carbocycles. The number of carboxylic acid groups (broad SMARTS) is 1. The topological polar surface area (TPSA) is 74.6 Å². The van der Waals surface area contributed by atoms with E-state index >= 15 is 0 Å². The monoisotopic (exact) mass is 347 g/mol. The molecule has 2 amide bonds. The smallest absolute Gasteiger partial charge is 0.317 e. The third-order valence-corrected chi connectivity index (χ3v) is 4.84. The summed E-state index contributed by atoms with van der Waals surface area (Å²) in [6, 6.07) is 4.55. The lowest BCUT2D eigenvalue weighted by Crippen LogP contribution is -2.45. The first kappa shape index (κ1) is 17.3. The molecular weight excluding hydrogens is 325 g/mol. The summed E-state index contributed by atoms with van der Waals surface area (Å²) >= 11 is 0. The zero-order valence-electron chi connectivity index (χ0n) is 14.2. The zero-order valence-corrected chi connectivity index (χ0v) is 14.2. The maximum absolute atomic E-state index is 13.4. The number of amides is 2. The van der Waals surface area contributed by atoms with Gasteiger partial charge in [-0.25, -0.2) is 9.18 Å². The number of aryl methyl sites for hydroxylation is 1. The van der Waals surface area contributed by atoms with Gasteiger partial charge in [0.05, 0.1) is 11.4 Å². The molecule has 2 aromatic rings. The molecule has 1 aliphatic heterocycles. The Morgan fingerprint density at radius 1 is 1.32 bits per heavy atom. The Bertz CT molecular complexity index is 794. The maximum Gasteiger partial charge on any atom is 0.317 e. The van der Waals surface area contributed by atoms with Crippen LogP contribution >= 0.6 is 0 Å². The van der Waals surface area contributed by atoms with E-state index in [4.69, 9.17) is 5.11 Å². The van der Waals surface area contributed by atoms with Crippen molar-refractivity contribution in [2.45, 2.75) is 19.3 Å². The van der Waals surface area contributed by atoms with Crippen LogP contribution in [0.5, 0.6) is 0 Å². The summed E-state index contributed by atoms with van der Waals surface area (Å²) in [7, 11) is 1.87. The van der Waals surface area contributed by atoms with E-state index < -0.39 is 5.97 Å². The Labute approximate surface area is 145 Å². The van der Waals surface area contributed by atoms with Crippen LogP contribution in [0.2, 0.25) is 0 Å². The average molecular weight is 347 g/mol. The second-order valence-corrected chi connectivity index (χ2v) is 6.51. The quantitative estimate of drug-likeness (QED) is 0.892. The van der Waals surface area contributed by atoms with Crippen molar-refractivity contribution in [3.63, 3.8) is 0 Å². The lowest BCUT2D eigenvalue weighted by atomic mass is 9.97. The number of aliphatic carboxylic acids is 1. The maximum atomic E-state index is 13.4. The number of hydrogen-bond donors (Lipinski definition) is 2. The molecule has 0 aliphatic carbocycles. The van der Waals surface area contributed by atoms with E-state index in [0.29, 0.717) is 38.9 Å². The minimum atomic E-state index is -0.785. The van der Waals surface area contributed by atoms with Gasteiger partial charge in [0.1, 0.15) is 5.82 Å². The fraction of sp³-hybridized carbons (Fsp3) is 0.444. The second kappa shape index (κ2) is 7.13. The van der Waals surface area contributed by atoms with Crippen LogP contribution in [-0.4, -0.2) is 46.2 Å². The summed E-state index contributed by atoms with van der Waals surface area (Å²) in [5.74, 6) is -1.40. The summed E-state index contributed by atoms with van der Waals surface area (Å²) in [6.45, 7) is 1.42. The molecule has 0 spiro atoms. The SMILES string of the molecule is Cn1cc(CCNC(=O)N2CCC(C(=O)O)CC2)c2ccc(F)cc21. The van der Waals surface area contributed by atoms with Crippen LogP contribution in [-0.2, 0) is 18.3 Å². The number of carbonyl (C=O) groups excluding carboxylic acids is 1. The second-order valence-electron chi connectivity index (χ2n) is 6.51. The molecule has 3 rings (SSSR count). The number of carbonyl (C=O) groups is 2. The normalized spacial score (nSPS) is 15.5. The molecule has 1 saturated heterocycles. The molecular formula is C18H22FN3O3. The van der Waals surface area contributed by atoms with E-state index in [1.807, 2.05) is 17.8 Å². The van der Waals surface area contributed by atoms with Crippen molar-refractivity contribution in [1.82, 2.24) is 14.8 Å². The van der Waals surface area contributed by atoms with Gasteiger partial charge in [0.2, 0.25) is 0 Å². The van der Waals surface area contributed by atoms with Gasteiger partial charge in [-0.3, -0.25) is 4.79 Å². The van der Waals surface area contributed by atoms with Crippen molar-refractivity contribution < 1.29 is 19.1 Å². The van der Waals surface area contributed by atoms with Crippen LogP contribution in [0.4, 0.5) is 9.18 Å². The van der Waals surface area contributed by atoms with Gasteiger partial charge in [-0.2, -0.15) is 0 Å². The van der Waals surface area contributed by atoms with Gasteiger partial charge >= 0.3 is 12.0 Å². The number of nitrogens with zero attached hydrogens (tertiary/aromatic N) is 2. The summed E-state index contributed by atoms with van der Waals surface area (Å²) in [5, 5.41) is 12.9. The van der Waals surface area contributed by atoms with Crippen LogP contribution < -0.4 is 5.32 Å². The van der Waals surface area contributed by atoms with Crippen LogP contribution in [0, 0.1) is 11.7 Å². The number of hydrogen-bond acceptors (Lipinski definition) is 2. The number of fused-ring (bicyclic) bond motifs is 1. The van der Waals surface area contributed by atoms with Crippen LogP contribution in [0.15, 0.2) is 24.4 Å². The Hall–Kier alpha value is -2.57. The molecule has 0 bridgehead atoms. The largest absolute Gasteiger partial charge is 0.481 e. The standard InChI is InChI=1S/C18H22FN3O3/c1-21-11-13(15-3-2-14(19)10-16(15)21)4-7-20-18(25)22-8-5-12(6-9-22)17(23)24/h2-3,10-12H,4-9H2,1H3,(H,20,25)(H,23,24). The van der Waals surface area contributed by atoms with E-state index in [9.17, 15) is 14.0 Å². The third kappa shape index (κ3) is 3.75. The van der Waals surface area contributed by atoms with Crippen LogP contribution in [0.1, 0.15) is 18.4 Å². The Morgan fingerprint density at radius 3 is 2.72 bits per heavy atom. The van der Waals surface area contributed by atoms with E-state index in [2.05, 4.69) is 5.32 Å². The highest BCUT2D eigenvalue weighted by atomic mass is 19.1. The van der Waals surface area contributed by atoms with Gasteiger partial charge in [-0.1, -0.05) is 0 Å². The number of likely N-dealkylation sites (tertiary alicyclic amines) is 1. The van der Waals surface area contributed by atoms with Gasteiger partial charge in [-0.15, -0.1) is 0 Å². The molecule has 0 radical (unpaired) electrons. The summed E-state index contributed by atoms with van der Waals surface area (Å²) in [4.78, 5) is 24.8. The summed E-state index contributed by atoms with van der Waals surface area (Å²) in [6.07, 6.45) is 3.60. The summed E-state index contributed by atoms with van der Waals surface area (Å²) < 4.78 is 15.2. The molecule has 0 atom stereocenters. The molecule has 1 aliphatic rings. The van der Waals surface area contributed by atoms with Crippen molar-refractivity contribution in [3.05, 3.63) is 35.8 Å². The fourth-order valence-electron chi connectivity index (χ4n) is 3.39. The number of urea groups is 1. The number of piperidine rings is 1. The summed E-state index contributed by atoms with van der Waals surface area (Å²) in [5.41, 5.74) is 1.89. The molecule has 1 fully saturated rings. The first-order chi connectivity index (χ1) is 12.0. The fourth-order valence-corrected chi connectivity index (χ4v) is 3.39. The first-order valence-corrected chi connectivity index (χ1v) is 8.44. The lowest BCUT2D eigenvalue weighted by Gasteiger charge is -2.30. The minimum Gasteiger partial charge on any atom is -0.481 e. The Kier molecular flexibility index (Phi) is 4.92. The number of halogens is 1. The highest BCUT2D eigenvalue weighted by Crippen LogP contribution is 2.22. The number of benzene rings is 1. The van der Waals surface area contributed by atoms with Crippen LogP contribution in [0.25, 0.3) is 10.9 Å². The first-order valence-electron chi connectivity index (χ1n) is 8.44. The average Bonchev–Trinajstić information content (AvgIpc) is 2.90. The van der Waals surface area contributed by atoms with Gasteiger partial charge < -0.3 is 19.9 Å².